The summed E-state index contributed by atoms with van der Waals surface area (Å²) in [5, 5.41) is 5.84. The van der Waals surface area contributed by atoms with Crippen molar-refractivity contribution in [2.45, 2.75) is 33.3 Å². The molecule has 0 atom stereocenters. The molecule has 0 aromatic heterocycles. The van der Waals surface area contributed by atoms with E-state index in [-0.39, 0.29) is 18.4 Å². The number of ether oxygens (including phenoxy) is 1. The standard InChI is InChI=1S/C24H31N3O3/c1-18(2)15-25-24(29)21-14-20(10-11-22(21)27-12-6-7-13-27)26-23(28)17-30-16-19-8-4-3-5-9-19/h3-5,8-11,14,18H,6-7,12-13,15-17H2,1-2H3,(H,25,29)(H,26,28). The first-order valence-electron chi connectivity index (χ1n) is 10.6. The molecule has 2 aromatic carbocycles. The topological polar surface area (TPSA) is 70.7 Å². The summed E-state index contributed by atoms with van der Waals surface area (Å²) >= 11 is 0. The van der Waals surface area contributed by atoms with E-state index in [1.54, 1.807) is 6.07 Å². The van der Waals surface area contributed by atoms with Crippen LogP contribution in [0.1, 0.15) is 42.6 Å². The van der Waals surface area contributed by atoms with Crippen molar-refractivity contribution in [3.05, 3.63) is 59.7 Å². The van der Waals surface area contributed by atoms with Crippen molar-refractivity contribution in [1.29, 1.82) is 0 Å². The predicted molar refractivity (Wildman–Crippen MR) is 120 cm³/mol. The first-order valence-corrected chi connectivity index (χ1v) is 10.6. The first-order chi connectivity index (χ1) is 14.5. The molecule has 1 aliphatic heterocycles. The number of carbonyl (C=O) groups is 2. The van der Waals surface area contributed by atoms with Crippen molar-refractivity contribution in [2.24, 2.45) is 5.92 Å². The molecule has 0 aliphatic carbocycles. The van der Waals surface area contributed by atoms with Gasteiger partial charge in [-0.05, 0) is 42.5 Å². The highest BCUT2D eigenvalue weighted by Gasteiger charge is 2.20. The lowest BCUT2D eigenvalue weighted by Gasteiger charge is -2.22. The van der Waals surface area contributed by atoms with Gasteiger partial charge in [0.25, 0.3) is 5.91 Å². The van der Waals surface area contributed by atoms with Crippen LogP contribution in [0.2, 0.25) is 0 Å². The lowest BCUT2D eigenvalue weighted by atomic mass is 10.1. The Morgan fingerprint density at radius 3 is 2.50 bits per heavy atom. The number of hydrogen-bond donors (Lipinski definition) is 2. The Morgan fingerprint density at radius 2 is 1.80 bits per heavy atom. The van der Waals surface area contributed by atoms with Gasteiger partial charge in [-0.25, -0.2) is 0 Å². The van der Waals surface area contributed by atoms with Crippen LogP contribution in [0.5, 0.6) is 0 Å². The second-order valence-corrected chi connectivity index (χ2v) is 8.06. The van der Waals surface area contributed by atoms with Crippen molar-refractivity contribution >= 4 is 23.2 Å². The van der Waals surface area contributed by atoms with E-state index < -0.39 is 0 Å². The highest BCUT2D eigenvalue weighted by atomic mass is 16.5. The Kier molecular flexibility index (Phi) is 7.85. The van der Waals surface area contributed by atoms with Crippen LogP contribution >= 0.6 is 0 Å². The third-order valence-corrected chi connectivity index (χ3v) is 4.99. The number of hydrogen-bond acceptors (Lipinski definition) is 4. The molecule has 3 rings (SSSR count). The van der Waals surface area contributed by atoms with E-state index in [0.717, 1.165) is 37.2 Å². The molecule has 2 N–H and O–H groups in total. The number of nitrogens with one attached hydrogen (secondary N) is 2. The van der Waals surface area contributed by atoms with Crippen LogP contribution in [0.25, 0.3) is 0 Å². The lowest BCUT2D eigenvalue weighted by molar-refractivity contribution is -0.121. The molecule has 0 saturated carbocycles. The third-order valence-electron chi connectivity index (χ3n) is 4.99. The molecule has 6 nitrogen and oxygen atoms in total. The number of anilines is 2. The fourth-order valence-corrected chi connectivity index (χ4v) is 3.45. The van der Waals surface area contributed by atoms with Gasteiger partial charge >= 0.3 is 0 Å². The molecule has 1 heterocycles. The zero-order chi connectivity index (χ0) is 21.3. The molecule has 2 amide bonds. The quantitative estimate of drug-likeness (QED) is 0.660. The summed E-state index contributed by atoms with van der Waals surface area (Å²) in [7, 11) is 0. The Morgan fingerprint density at radius 1 is 1.07 bits per heavy atom. The van der Waals surface area contributed by atoms with Crippen molar-refractivity contribution in [2.75, 3.05) is 36.5 Å². The molecule has 1 aliphatic rings. The molecule has 6 heteroatoms. The smallest absolute Gasteiger partial charge is 0.253 e. The van der Waals surface area contributed by atoms with Gasteiger partial charge in [0.05, 0.1) is 12.2 Å². The van der Waals surface area contributed by atoms with Gasteiger partial charge in [-0.3, -0.25) is 9.59 Å². The molecule has 160 valence electrons. The maximum atomic E-state index is 12.8. The maximum Gasteiger partial charge on any atom is 0.253 e. The van der Waals surface area contributed by atoms with E-state index in [0.29, 0.717) is 30.3 Å². The molecule has 0 spiro atoms. The van der Waals surface area contributed by atoms with Gasteiger partial charge in [0.1, 0.15) is 6.61 Å². The second-order valence-electron chi connectivity index (χ2n) is 8.06. The van der Waals surface area contributed by atoms with Gasteiger partial charge in [-0.1, -0.05) is 44.2 Å². The first kappa shape index (κ1) is 21.8. The molecule has 0 radical (unpaired) electrons. The summed E-state index contributed by atoms with van der Waals surface area (Å²) < 4.78 is 5.50. The minimum Gasteiger partial charge on any atom is -0.371 e. The molecule has 30 heavy (non-hydrogen) atoms. The Labute approximate surface area is 178 Å². The Hall–Kier alpha value is -2.86. The predicted octanol–water partition coefficient (Wildman–Crippen LogP) is 3.83. The van der Waals surface area contributed by atoms with E-state index in [2.05, 4.69) is 29.4 Å². The van der Waals surface area contributed by atoms with Crippen LogP contribution in [0.4, 0.5) is 11.4 Å². The highest BCUT2D eigenvalue weighted by Crippen LogP contribution is 2.27. The molecule has 0 bridgehead atoms. The van der Waals surface area contributed by atoms with Crippen LogP contribution in [-0.4, -0.2) is 38.1 Å². The van der Waals surface area contributed by atoms with Crippen LogP contribution in [0, 0.1) is 5.92 Å². The fraction of sp³-hybridized carbons (Fsp3) is 0.417. The Bertz CT molecular complexity index is 846. The summed E-state index contributed by atoms with van der Waals surface area (Å²) in [5.41, 5.74) is 3.14. The summed E-state index contributed by atoms with van der Waals surface area (Å²) in [6, 6.07) is 15.3. The molecular weight excluding hydrogens is 378 g/mol. The average Bonchev–Trinajstić information content (AvgIpc) is 3.27. The number of carbonyl (C=O) groups excluding carboxylic acids is 2. The molecule has 1 saturated heterocycles. The van der Waals surface area contributed by atoms with Crippen molar-refractivity contribution < 1.29 is 14.3 Å². The van der Waals surface area contributed by atoms with E-state index in [9.17, 15) is 9.59 Å². The van der Waals surface area contributed by atoms with Crippen LogP contribution < -0.4 is 15.5 Å². The van der Waals surface area contributed by atoms with Crippen molar-refractivity contribution in [3.8, 4) is 0 Å². The number of rotatable bonds is 9. The molecule has 1 fully saturated rings. The molecular formula is C24H31N3O3. The molecule has 0 unspecified atom stereocenters. The summed E-state index contributed by atoms with van der Waals surface area (Å²) in [6.45, 7) is 6.97. The van der Waals surface area contributed by atoms with Gasteiger partial charge in [0.15, 0.2) is 0 Å². The largest absolute Gasteiger partial charge is 0.371 e. The summed E-state index contributed by atoms with van der Waals surface area (Å²) in [5.74, 6) is 0.0178. The lowest BCUT2D eigenvalue weighted by Crippen LogP contribution is -2.30. The minimum atomic E-state index is -0.242. The summed E-state index contributed by atoms with van der Waals surface area (Å²) in [6.07, 6.45) is 2.26. The summed E-state index contributed by atoms with van der Waals surface area (Å²) in [4.78, 5) is 27.3. The zero-order valence-electron chi connectivity index (χ0n) is 17.8. The van der Waals surface area contributed by atoms with E-state index in [4.69, 9.17) is 4.74 Å². The maximum absolute atomic E-state index is 12.8. The fourth-order valence-electron chi connectivity index (χ4n) is 3.45. The minimum absolute atomic E-state index is 0.0440. The zero-order valence-corrected chi connectivity index (χ0v) is 17.8. The monoisotopic (exact) mass is 409 g/mol. The van der Waals surface area contributed by atoms with E-state index >= 15 is 0 Å². The van der Waals surface area contributed by atoms with Crippen LogP contribution in [0.3, 0.4) is 0 Å². The number of amides is 2. The van der Waals surface area contributed by atoms with E-state index in [1.807, 2.05) is 42.5 Å². The number of nitrogens with zero attached hydrogens (tertiary/aromatic N) is 1. The molecule has 2 aromatic rings. The van der Waals surface area contributed by atoms with Crippen molar-refractivity contribution in [1.82, 2.24) is 5.32 Å². The third kappa shape index (κ3) is 6.32. The van der Waals surface area contributed by atoms with Gasteiger partial charge in [0, 0.05) is 31.0 Å². The van der Waals surface area contributed by atoms with Crippen LogP contribution in [-0.2, 0) is 16.1 Å². The van der Waals surface area contributed by atoms with Crippen molar-refractivity contribution in [3.63, 3.8) is 0 Å². The number of benzene rings is 2. The van der Waals surface area contributed by atoms with E-state index in [1.165, 1.54) is 0 Å². The highest BCUT2D eigenvalue weighted by molar-refractivity contribution is 6.02. The average molecular weight is 410 g/mol. The normalized spacial score (nSPS) is 13.5. The second kappa shape index (κ2) is 10.8. The van der Waals surface area contributed by atoms with Gasteiger partial charge in [0.2, 0.25) is 5.91 Å². The van der Waals surface area contributed by atoms with Gasteiger partial charge in [-0.15, -0.1) is 0 Å². The Balaban J connectivity index is 1.64. The van der Waals surface area contributed by atoms with Gasteiger partial charge < -0.3 is 20.3 Å². The SMILES string of the molecule is CC(C)CNC(=O)c1cc(NC(=O)COCc2ccccc2)ccc1N1CCCC1. The van der Waals surface area contributed by atoms with Gasteiger partial charge in [-0.2, -0.15) is 0 Å². The van der Waals surface area contributed by atoms with Crippen LogP contribution in [0.15, 0.2) is 48.5 Å².